The fraction of sp³-hybridized carbons (Fsp3) is 1.00. The molecule has 16 heavy (non-hydrogen) atoms. The minimum atomic E-state index is -1.75. The molecule has 2 nitrogen and oxygen atoms in total. The van der Waals surface area contributed by atoms with Crippen LogP contribution in [0.3, 0.4) is 0 Å². The van der Waals surface area contributed by atoms with Gasteiger partial charge in [-0.3, -0.25) is 0 Å². The number of hydrogen-bond donors (Lipinski definition) is 0. The first kappa shape index (κ1) is 17.1. The van der Waals surface area contributed by atoms with Gasteiger partial charge in [0, 0.05) is 0 Å². The summed E-state index contributed by atoms with van der Waals surface area (Å²) < 4.78 is 11.3. The molecule has 4 heteroatoms. The molecule has 0 radical (unpaired) electrons. The van der Waals surface area contributed by atoms with E-state index in [1.165, 1.54) is 51.4 Å². The third-order valence-electron chi connectivity index (χ3n) is 2.43. The quantitative estimate of drug-likeness (QED) is 0.373. The first-order valence-corrected chi connectivity index (χ1v) is 11.7. The van der Waals surface area contributed by atoms with Crippen LogP contribution in [-0.4, -0.2) is 13.2 Å². The van der Waals surface area contributed by atoms with Crippen LogP contribution in [0.15, 0.2) is 0 Å². The molecule has 0 aliphatic heterocycles. The third kappa shape index (κ3) is 13.2. The van der Waals surface area contributed by atoms with Crippen LogP contribution >= 0.6 is 13.2 Å². The normalized spacial score (nSPS) is 10.7. The van der Waals surface area contributed by atoms with Crippen LogP contribution in [0.25, 0.3) is 0 Å². The van der Waals surface area contributed by atoms with Crippen molar-refractivity contribution < 1.29 is 23.2 Å². The molecule has 0 aromatic heterocycles. The molecule has 97 valence electrons. The van der Waals surface area contributed by atoms with Crippen LogP contribution < -0.4 is 0 Å². The first-order valence-electron chi connectivity index (χ1n) is 6.59. The Morgan fingerprint density at radius 2 is 1.19 bits per heavy atom. The van der Waals surface area contributed by atoms with Crippen LogP contribution in [0, 0.1) is 0 Å². The average Bonchev–Trinajstić information content (AvgIpc) is 2.28. The second-order valence-corrected chi connectivity index (χ2v) is 8.37. The van der Waals surface area contributed by atoms with Crippen molar-refractivity contribution >= 4 is 13.2 Å². The Hall–Kier alpha value is 1.11. The Labute approximate surface area is 114 Å². The topological polar surface area (TPSA) is 18.5 Å². The van der Waals surface area contributed by atoms with Gasteiger partial charge in [-0.05, 0) is 0 Å². The molecule has 0 aromatic rings. The maximum absolute atomic E-state index is 5.66. The molecule has 0 bridgehead atoms. The van der Waals surface area contributed by atoms with E-state index in [-0.39, 0.29) is 0 Å². The minimum absolute atomic E-state index is 0.871. The van der Waals surface area contributed by atoms with Gasteiger partial charge >= 0.3 is 115 Å². The number of rotatable bonds is 12. The summed E-state index contributed by atoms with van der Waals surface area (Å²) in [6.45, 7) is 6.19. The molecule has 0 spiro atoms. The molecule has 0 aliphatic rings. The standard InChI is InChI=1S/2C6H13O.BrH.Ti/c2*1-2-3-4-5-6-7;;/h2*2-6H2,1H3;1H;/q2*-1;;+3/p-1. The van der Waals surface area contributed by atoms with E-state index in [4.69, 9.17) is 6.64 Å². The molecule has 0 saturated heterocycles. The second kappa shape index (κ2) is 14.2. The van der Waals surface area contributed by atoms with Crippen LogP contribution in [-0.2, 0) is 23.2 Å². The monoisotopic (exact) mass is 329 g/mol. The molecule has 0 unspecified atom stereocenters. The molecule has 0 aromatic carbocycles. The number of halogens is 1. The van der Waals surface area contributed by atoms with Gasteiger partial charge in [-0.2, -0.15) is 0 Å². The Bertz CT molecular complexity index is 122. The number of unbranched alkanes of at least 4 members (excludes halogenated alkanes) is 6. The van der Waals surface area contributed by atoms with Crippen LogP contribution in [0.5, 0.6) is 0 Å². The van der Waals surface area contributed by atoms with E-state index in [0.717, 1.165) is 13.2 Å². The molecule has 0 saturated carbocycles. The van der Waals surface area contributed by atoms with Crippen molar-refractivity contribution in [2.45, 2.75) is 65.2 Å². The third-order valence-corrected chi connectivity index (χ3v) is 5.66. The van der Waals surface area contributed by atoms with E-state index < -0.39 is 16.6 Å². The zero-order chi connectivity index (χ0) is 12.1. The summed E-state index contributed by atoms with van der Waals surface area (Å²) in [5.41, 5.74) is 0. The van der Waals surface area contributed by atoms with Gasteiger partial charge in [0.15, 0.2) is 0 Å². The Kier molecular flexibility index (Phi) is 15.2. The van der Waals surface area contributed by atoms with Gasteiger partial charge in [0.1, 0.15) is 0 Å². The average molecular weight is 330 g/mol. The van der Waals surface area contributed by atoms with E-state index in [9.17, 15) is 0 Å². The van der Waals surface area contributed by atoms with Gasteiger partial charge in [-0.15, -0.1) is 0 Å². The molecule has 0 heterocycles. The van der Waals surface area contributed by atoms with Crippen molar-refractivity contribution in [1.29, 1.82) is 0 Å². The summed E-state index contributed by atoms with van der Waals surface area (Å²) in [6, 6.07) is 0. The van der Waals surface area contributed by atoms with E-state index in [0.29, 0.717) is 0 Å². The fourth-order valence-electron chi connectivity index (χ4n) is 1.40. The summed E-state index contributed by atoms with van der Waals surface area (Å²) in [4.78, 5) is 0. The Balaban J connectivity index is 3.09. The van der Waals surface area contributed by atoms with E-state index in [2.05, 4.69) is 27.0 Å². The Morgan fingerprint density at radius 3 is 1.56 bits per heavy atom. The molecule has 0 rings (SSSR count). The molecule has 0 aliphatic carbocycles. The SMILES string of the molecule is CCCCCC[O][Ti]([Br])[O]CCCCCC. The molecular weight excluding hydrogens is 304 g/mol. The van der Waals surface area contributed by atoms with Crippen LogP contribution in [0.2, 0.25) is 0 Å². The van der Waals surface area contributed by atoms with Gasteiger partial charge < -0.3 is 0 Å². The summed E-state index contributed by atoms with van der Waals surface area (Å²) in [5, 5.41) is 0. The summed E-state index contributed by atoms with van der Waals surface area (Å²) in [5.74, 6) is 0. The second-order valence-electron chi connectivity index (χ2n) is 4.06. The zero-order valence-corrected chi connectivity index (χ0v) is 13.9. The molecule has 0 N–H and O–H groups in total. The van der Waals surface area contributed by atoms with Crippen molar-refractivity contribution in [3.05, 3.63) is 0 Å². The summed E-state index contributed by atoms with van der Waals surface area (Å²) in [7, 11) is 0. The predicted octanol–water partition coefficient (Wildman–Crippen LogP) is 4.94. The molecule has 0 fully saturated rings. The van der Waals surface area contributed by atoms with Gasteiger partial charge in [-0.25, -0.2) is 0 Å². The first-order chi connectivity index (χ1) is 7.81. The van der Waals surface area contributed by atoms with E-state index in [1.54, 1.807) is 0 Å². The fourth-order valence-corrected chi connectivity index (χ4v) is 3.82. The van der Waals surface area contributed by atoms with Crippen molar-refractivity contribution in [3.63, 3.8) is 0 Å². The summed E-state index contributed by atoms with van der Waals surface area (Å²) in [6.07, 6.45) is 10.1. The van der Waals surface area contributed by atoms with Gasteiger partial charge in [-0.1, -0.05) is 0 Å². The molecular formula is C12H26BrO2Ti. The van der Waals surface area contributed by atoms with Crippen LogP contribution in [0.1, 0.15) is 65.2 Å². The van der Waals surface area contributed by atoms with E-state index in [1.807, 2.05) is 0 Å². The Morgan fingerprint density at radius 1 is 0.750 bits per heavy atom. The van der Waals surface area contributed by atoms with Crippen molar-refractivity contribution in [2.24, 2.45) is 0 Å². The van der Waals surface area contributed by atoms with E-state index >= 15 is 0 Å². The molecule has 0 atom stereocenters. The maximum atomic E-state index is 5.66. The zero-order valence-electron chi connectivity index (χ0n) is 10.8. The van der Waals surface area contributed by atoms with Crippen molar-refractivity contribution in [1.82, 2.24) is 0 Å². The predicted molar refractivity (Wildman–Crippen MR) is 69.1 cm³/mol. The van der Waals surface area contributed by atoms with Crippen LogP contribution in [0.4, 0.5) is 0 Å². The summed E-state index contributed by atoms with van der Waals surface area (Å²) >= 11 is 1.79. The van der Waals surface area contributed by atoms with Gasteiger partial charge in [0.05, 0.1) is 0 Å². The van der Waals surface area contributed by atoms with Crippen molar-refractivity contribution in [3.8, 4) is 0 Å². The molecule has 0 amide bonds. The van der Waals surface area contributed by atoms with Gasteiger partial charge in [0.2, 0.25) is 0 Å². The van der Waals surface area contributed by atoms with Gasteiger partial charge in [0.25, 0.3) is 0 Å². The van der Waals surface area contributed by atoms with Crippen molar-refractivity contribution in [2.75, 3.05) is 13.2 Å². The number of hydrogen-bond acceptors (Lipinski definition) is 2.